The highest BCUT2D eigenvalue weighted by Crippen LogP contribution is 2.33. The largest absolute Gasteiger partial charge is 0.545 e. The second-order valence-corrected chi connectivity index (χ2v) is 6.86. The minimum Gasteiger partial charge on any atom is -0.545 e. The van der Waals surface area contributed by atoms with Gasteiger partial charge < -0.3 is 9.90 Å². The normalized spacial score (nSPS) is 11.7. The summed E-state index contributed by atoms with van der Waals surface area (Å²) in [5.74, 6) is -1.19. The Hall–Kier alpha value is -2.37. The average Bonchev–Trinajstić information content (AvgIpc) is 2.89. The molecule has 0 aliphatic carbocycles. The van der Waals surface area contributed by atoms with Crippen molar-refractivity contribution in [2.75, 3.05) is 5.43 Å². The lowest BCUT2D eigenvalue weighted by Gasteiger charge is -2.05. The molecule has 0 radical (unpaired) electrons. The topological polar surface area (TPSA) is 64.5 Å². The Kier molecular flexibility index (Phi) is 4.55. The minimum absolute atomic E-state index is 0.137. The summed E-state index contributed by atoms with van der Waals surface area (Å²) in [6.07, 6.45) is 0. The summed E-state index contributed by atoms with van der Waals surface area (Å²) in [6.45, 7) is 3.99. The number of carbonyl (C=O) groups is 1. The quantitative estimate of drug-likeness (QED) is 0.565. The number of aromatic carboxylic acids is 1. The SMILES string of the molecule is C/C(=N\Nc1ccc(C(=O)[O-])cc1)c1sc2ccc(Cl)cc2c1C. The molecule has 3 rings (SSSR count). The van der Waals surface area contributed by atoms with Gasteiger partial charge in [0.1, 0.15) is 0 Å². The van der Waals surface area contributed by atoms with Crippen LogP contribution in [-0.2, 0) is 0 Å². The van der Waals surface area contributed by atoms with Crippen LogP contribution in [-0.4, -0.2) is 11.7 Å². The maximum absolute atomic E-state index is 10.7. The molecule has 0 saturated heterocycles. The third-order valence-corrected chi connectivity index (χ3v) is 5.32. The van der Waals surface area contributed by atoms with Gasteiger partial charge in [-0.05, 0) is 60.7 Å². The van der Waals surface area contributed by atoms with Crippen molar-refractivity contribution in [3.05, 3.63) is 63.5 Å². The second kappa shape index (κ2) is 6.63. The maximum Gasteiger partial charge on any atom is 0.0751 e. The summed E-state index contributed by atoms with van der Waals surface area (Å²) in [7, 11) is 0. The summed E-state index contributed by atoms with van der Waals surface area (Å²) < 4.78 is 1.17. The number of nitrogens with one attached hydrogen (secondary N) is 1. The van der Waals surface area contributed by atoms with Gasteiger partial charge in [-0.25, -0.2) is 0 Å². The summed E-state index contributed by atoms with van der Waals surface area (Å²) in [6, 6.07) is 12.1. The zero-order valence-corrected chi connectivity index (χ0v) is 14.7. The molecule has 0 fully saturated rings. The van der Waals surface area contributed by atoms with E-state index in [9.17, 15) is 9.90 Å². The lowest BCUT2D eigenvalue weighted by molar-refractivity contribution is -0.255. The molecule has 0 bridgehead atoms. The zero-order valence-electron chi connectivity index (χ0n) is 13.1. The minimum atomic E-state index is -1.19. The molecular weight excluding hydrogens is 344 g/mol. The number of carboxylic acid groups (broad SMARTS) is 1. The number of carboxylic acids is 1. The van der Waals surface area contributed by atoms with E-state index in [0.717, 1.165) is 26.6 Å². The monoisotopic (exact) mass is 357 g/mol. The Labute approximate surface area is 148 Å². The fraction of sp³-hybridized carbons (Fsp3) is 0.111. The van der Waals surface area contributed by atoms with E-state index in [4.69, 9.17) is 11.6 Å². The van der Waals surface area contributed by atoms with Gasteiger partial charge in [0, 0.05) is 9.72 Å². The fourth-order valence-corrected chi connectivity index (χ4v) is 3.72. The standard InChI is InChI=1S/C18H15ClN2O2S/c1-10-15-9-13(19)5-8-16(15)24-17(10)11(2)20-21-14-6-3-12(4-7-14)18(22)23/h3-9,21H,1-2H3,(H,22,23)/p-1/b20-11+. The lowest BCUT2D eigenvalue weighted by atomic mass is 10.1. The van der Waals surface area contributed by atoms with Gasteiger partial charge in [0.05, 0.1) is 22.2 Å². The van der Waals surface area contributed by atoms with Gasteiger partial charge in [-0.2, -0.15) is 5.10 Å². The Morgan fingerprint density at radius 1 is 1.21 bits per heavy atom. The number of hydrazone groups is 1. The number of nitrogens with zero attached hydrogens (tertiary/aromatic N) is 1. The Bertz CT molecular complexity index is 946. The van der Waals surface area contributed by atoms with E-state index in [1.54, 1.807) is 23.5 Å². The molecule has 0 spiro atoms. The third kappa shape index (κ3) is 3.27. The number of carbonyl (C=O) groups excluding carboxylic acids is 1. The molecule has 2 aromatic carbocycles. The van der Waals surface area contributed by atoms with Crippen LogP contribution in [0.2, 0.25) is 5.02 Å². The number of halogens is 1. The molecule has 0 amide bonds. The lowest BCUT2D eigenvalue weighted by Crippen LogP contribution is -2.21. The van der Waals surface area contributed by atoms with Gasteiger partial charge in [-0.15, -0.1) is 11.3 Å². The molecule has 0 unspecified atom stereocenters. The van der Waals surface area contributed by atoms with Crippen molar-refractivity contribution in [2.24, 2.45) is 5.10 Å². The number of aryl methyl sites for hydroxylation is 1. The van der Waals surface area contributed by atoms with Crippen LogP contribution < -0.4 is 10.5 Å². The molecule has 122 valence electrons. The van der Waals surface area contributed by atoms with Crippen LogP contribution in [0.4, 0.5) is 5.69 Å². The third-order valence-electron chi connectivity index (χ3n) is 3.70. The van der Waals surface area contributed by atoms with Gasteiger partial charge in [0.25, 0.3) is 0 Å². The number of hydrogen-bond donors (Lipinski definition) is 1. The molecule has 4 nitrogen and oxygen atoms in total. The molecule has 0 aliphatic rings. The van der Waals surface area contributed by atoms with Crippen LogP contribution in [0.5, 0.6) is 0 Å². The first-order chi connectivity index (χ1) is 11.5. The number of anilines is 1. The number of hydrogen-bond acceptors (Lipinski definition) is 5. The first-order valence-corrected chi connectivity index (χ1v) is 8.46. The maximum atomic E-state index is 10.7. The van der Waals surface area contributed by atoms with Crippen molar-refractivity contribution in [3.8, 4) is 0 Å². The first kappa shape index (κ1) is 16.5. The van der Waals surface area contributed by atoms with Crippen molar-refractivity contribution in [1.29, 1.82) is 0 Å². The van der Waals surface area contributed by atoms with Crippen LogP contribution in [0.15, 0.2) is 47.6 Å². The molecule has 3 aromatic rings. The highest BCUT2D eigenvalue weighted by Gasteiger charge is 2.11. The molecular formula is C18H14ClN2O2S-. The van der Waals surface area contributed by atoms with E-state index in [-0.39, 0.29) is 5.56 Å². The summed E-state index contributed by atoms with van der Waals surface area (Å²) in [4.78, 5) is 11.8. The van der Waals surface area contributed by atoms with E-state index in [1.807, 2.05) is 25.1 Å². The Morgan fingerprint density at radius 3 is 2.58 bits per heavy atom. The smallest absolute Gasteiger partial charge is 0.0751 e. The highest BCUT2D eigenvalue weighted by atomic mass is 35.5. The van der Waals surface area contributed by atoms with Crippen molar-refractivity contribution >= 4 is 50.4 Å². The Balaban J connectivity index is 1.85. The van der Waals surface area contributed by atoms with Gasteiger partial charge in [-0.3, -0.25) is 5.43 Å². The van der Waals surface area contributed by atoms with Crippen molar-refractivity contribution in [1.82, 2.24) is 0 Å². The highest BCUT2D eigenvalue weighted by molar-refractivity contribution is 7.21. The van der Waals surface area contributed by atoms with Crippen LogP contribution >= 0.6 is 22.9 Å². The molecule has 1 heterocycles. The van der Waals surface area contributed by atoms with Gasteiger partial charge in [-0.1, -0.05) is 23.7 Å². The van der Waals surface area contributed by atoms with Crippen molar-refractivity contribution in [3.63, 3.8) is 0 Å². The summed E-state index contributed by atoms with van der Waals surface area (Å²) in [5.41, 5.74) is 5.80. The van der Waals surface area contributed by atoms with Gasteiger partial charge in [0.2, 0.25) is 0 Å². The molecule has 0 saturated carbocycles. The Morgan fingerprint density at radius 2 is 1.92 bits per heavy atom. The van der Waals surface area contributed by atoms with E-state index in [0.29, 0.717) is 5.69 Å². The molecule has 1 N–H and O–H groups in total. The van der Waals surface area contributed by atoms with E-state index >= 15 is 0 Å². The molecule has 0 aliphatic heterocycles. The fourth-order valence-electron chi connectivity index (χ4n) is 2.42. The predicted octanol–water partition coefficient (Wildman–Crippen LogP) is 4.06. The van der Waals surface area contributed by atoms with Crippen LogP contribution in [0.3, 0.4) is 0 Å². The van der Waals surface area contributed by atoms with Crippen molar-refractivity contribution < 1.29 is 9.90 Å². The van der Waals surface area contributed by atoms with E-state index < -0.39 is 5.97 Å². The molecule has 6 heteroatoms. The van der Waals surface area contributed by atoms with E-state index in [2.05, 4.69) is 17.5 Å². The van der Waals surface area contributed by atoms with Gasteiger partial charge >= 0.3 is 0 Å². The van der Waals surface area contributed by atoms with Gasteiger partial charge in [0.15, 0.2) is 0 Å². The average molecular weight is 358 g/mol. The summed E-state index contributed by atoms with van der Waals surface area (Å²) in [5, 5.41) is 17.0. The van der Waals surface area contributed by atoms with Crippen LogP contribution in [0.1, 0.15) is 27.7 Å². The number of rotatable bonds is 4. The number of benzene rings is 2. The number of thiophene rings is 1. The molecule has 24 heavy (non-hydrogen) atoms. The van der Waals surface area contributed by atoms with Crippen molar-refractivity contribution in [2.45, 2.75) is 13.8 Å². The van der Waals surface area contributed by atoms with Crippen LogP contribution in [0, 0.1) is 6.92 Å². The zero-order chi connectivity index (χ0) is 17.3. The van der Waals surface area contributed by atoms with E-state index in [1.165, 1.54) is 16.8 Å². The molecule has 0 atom stereocenters. The molecule has 1 aromatic heterocycles. The first-order valence-electron chi connectivity index (χ1n) is 7.26. The van der Waals surface area contributed by atoms with Crippen LogP contribution in [0.25, 0.3) is 10.1 Å². The number of fused-ring (bicyclic) bond motifs is 1. The predicted molar refractivity (Wildman–Crippen MR) is 98.2 cm³/mol. The summed E-state index contributed by atoms with van der Waals surface area (Å²) >= 11 is 7.74. The second-order valence-electron chi connectivity index (χ2n) is 5.37.